The highest BCUT2D eigenvalue weighted by Gasteiger charge is 2.12. The molecule has 0 fully saturated rings. The van der Waals surface area contributed by atoms with Crippen LogP contribution >= 0.6 is 11.6 Å². The number of nitrogens with zero attached hydrogens (tertiary/aromatic N) is 3. The van der Waals surface area contributed by atoms with Gasteiger partial charge in [0.15, 0.2) is 5.82 Å². The van der Waals surface area contributed by atoms with Gasteiger partial charge in [-0.1, -0.05) is 11.6 Å². The molecule has 0 bridgehead atoms. The summed E-state index contributed by atoms with van der Waals surface area (Å²) in [7, 11) is 3.27. The summed E-state index contributed by atoms with van der Waals surface area (Å²) in [6.45, 7) is 1.05. The van der Waals surface area contributed by atoms with Crippen LogP contribution in [0, 0.1) is 0 Å². The van der Waals surface area contributed by atoms with E-state index in [4.69, 9.17) is 22.1 Å². The van der Waals surface area contributed by atoms with Gasteiger partial charge in [-0.3, -0.25) is 4.79 Å². The molecule has 0 saturated carbocycles. The van der Waals surface area contributed by atoms with Crippen LogP contribution in [0.1, 0.15) is 0 Å². The number of nitrogens with two attached hydrogens (primary N) is 1. The summed E-state index contributed by atoms with van der Waals surface area (Å²) in [5.74, 6) is 0.384. The van der Waals surface area contributed by atoms with E-state index in [0.717, 1.165) is 0 Å². The smallest absolute Gasteiger partial charge is 0.239 e. The predicted octanol–water partition coefficient (Wildman–Crippen LogP) is -0.0890. The van der Waals surface area contributed by atoms with Crippen molar-refractivity contribution in [1.29, 1.82) is 0 Å². The van der Waals surface area contributed by atoms with E-state index >= 15 is 0 Å². The van der Waals surface area contributed by atoms with E-state index in [9.17, 15) is 4.79 Å². The van der Waals surface area contributed by atoms with E-state index in [1.165, 1.54) is 6.20 Å². The first-order valence-corrected chi connectivity index (χ1v) is 5.67. The number of rotatable bonds is 6. The molecule has 0 unspecified atom stereocenters. The fourth-order valence-corrected chi connectivity index (χ4v) is 1.51. The third-order valence-electron chi connectivity index (χ3n) is 2.11. The van der Waals surface area contributed by atoms with Gasteiger partial charge in [0.2, 0.25) is 11.9 Å². The molecule has 0 atom stereocenters. The lowest BCUT2D eigenvalue weighted by Gasteiger charge is -2.18. The molecular weight excluding hydrogens is 258 g/mol. The largest absolute Gasteiger partial charge is 0.383 e. The second kappa shape index (κ2) is 6.97. The predicted molar refractivity (Wildman–Crippen MR) is 69.6 cm³/mol. The lowest BCUT2D eigenvalue weighted by Crippen LogP contribution is -2.37. The lowest BCUT2D eigenvalue weighted by atomic mass is 10.4. The SMILES string of the molecule is COCCNC(=O)CN(C)c1nc(N)ncc1Cl. The number of carbonyl (C=O) groups is 1. The average Bonchev–Trinajstić information content (AvgIpc) is 2.32. The van der Waals surface area contributed by atoms with Gasteiger partial charge < -0.3 is 20.7 Å². The number of hydrogen-bond acceptors (Lipinski definition) is 6. The molecule has 100 valence electrons. The van der Waals surface area contributed by atoms with Gasteiger partial charge in [-0.2, -0.15) is 4.98 Å². The van der Waals surface area contributed by atoms with E-state index in [0.29, 0.717) is 24.0 Å². The molecular formula is C10H16ClN5O2. The first-order valence-electron chi connectivity index (χ1n) is 5.29. The first kappa shape index (κ1) is 14.5. The molecule has 1 rings (SSSR count). The summed E-state index contributed by atoms with van der Waals surface area (Å²) in [5.41, 5.74) is 5.47. The van der Waals surface area contributed by atoms with Crippen molar-refractivity contribution in [3.8, 4) is 0 Å². The van der Waals surface area contributed by atoms with Crippen molar-refractivity contribution in [2.75, 3.05) is 44.5 Å². The summed E-state index contributed by atoms with van der Waals surface area (Å²) in [5, 5.41) is 3.04. The van der Waals surface area contributed by atoms with Gasteiger partial charge in [0.05, 0.1) is 19.3 Å². The molecule has 8 heteroatoms. The Kier molecular flexibility index (Phi) is 5.60. The first-order chi connectivity index (χ1) is 8.54. The molecule has 7 nitrogen and oxygen atoms in total. The molecule has 0 saturated heterocycles. The Bertz CT molecular complexity index is 415. The van der Waals surface area contributed by atoms with Crippen LogP contribution in [-0.2, 0) is 9.53 Å². The van der Waals surface area contributed by atoms with Gasteiger partial charge in [-0.25, -0.2) is 4.98 Å². The molecule has 0 aromatic carbocycles. The van der Waals surface area contributed by atoms with Crippen LogP contribution in [0.15, 0.2) is 6.20 Å². The quantitative estimate of drug-likeness (QED) is 0.704. The molecule has 3 N–H and O–H groups in total. The van der Waals surface area contributed by atoms with E-state index in [2.05, 4.69) is 15.3 Å². The van der Waals surface area contributed by atoms with Gasteiger partial charge in [0.25, 0.3) is 0 Å². The molecule has 0 radical (unpaired) electrons. The summed E-state index contributed by atoms with van der Waals surface area (Å²) in [6, 6.07) is 0. The molecule has 1 amide bonds. The van der Waals surface area contributed by atoms with Gasteiger partial charge in [0, 0.05) is 20.7 Å². The number of methoxy groups -OCH3 is 1. The summed E-state index contributed by atoms with van der Waals surface area (Å²) in [6.07, 6.45) is 1.40. The number of aromatic nitrogens is 2. The molecule has 1 aromatic rings. The Morgan fingerprint density at radius 3 is 3.06 bits per heavy atom. The van der Waals surface area contributed by atoms with Crippen molar-refractivity contribution in [3.05, 3.63) is 11.2 Å². The Morgan fingerprint density at radius 1 is 1.67 bits per heavy atom. The number of nitrogens with one attached hydrogen (secondary N) is 1. The maximum absolute atomic E-state index is 11.6. The second-order valence-corrected chi connectivity index (χ2v) is 4.01. The molecule has 0 aliphatic heterocycles. The fraction of sp³-hybridized carbons (Fsp3) is 0.500. The van der Waals surface area contributed by atoms with Crippen LogP contribution in [-0.4, -0.2) is 49.7 Å². The van der Waals surface area contributed by atoms with Crippen molar-refractivity contribution < 1.29 is 9.53 Å². The van der Waals surface area contributed by atoms with Gasteiger partial charge in [0.1, 0.15) is 5.02 Å². The normalized spacial score (nSPS) is 10.2. The molecule has 0 aliphatic rings. The minimum Gasteiger partial charge on any atom is -0.383 e. The minimum absolute atomic E-state index is 0.112. The van der Waals surface area contributed by atoms with Crippen molar-refractivity contribution >= 4 is 29.3 Å². The number of ether oxygens (including phenoxy) is 1. The summed E-state index contributed by atoms with van der Waals surface area (Å²) in [4.78, 5) is 20.9. The third kappa shape index (κ3) is 4.34. The van der Waals surface area contributed by atoms with Gasteiger partial charge in [-0.05, 0) is 0 Å². The van der Waals surface area contributed by atoms with Crippen molar-refractivity contribution in [2.24, 2.45) is 0 Å². The van der Waals surface area contributed by atoms with E-state index in [1.807, 2.05) is 0 Å². The van der Waals surface area contributed by atoms with Crippen LogP contribution in [0.3, 0.4) is 0 Å². The van der Waals surface area contributed by atoms with Crippen LogP contribution in [0.4, 0.5) is 11.8 Å². The third-order valence-corrected chi connectivity index (χ3v) is 2.38. The number of carbonyl (C=O) groups excluding carboxylic acids is 1. The monoisotopic (exact) mass is 273 g/mol. The topological polar surface area (TPSA) is 93.4 Å². The number of hydrogen-bond donors (Lipinski definition) is 2. The molecule has 0 aliphatic carbocycles. The van der Waals surface area contributed by atoms with E-state index < -0.39 is 0 Å². The Morgan fingerprint density at radius 2 is 2.39 bits per heavy atom. The molecule has 0 spiro atoms. The number of nitrogen functional groups attached to an aromatic ring is 1. The number of amides is 1. The van der Waals surface area contributed by atoms with E-state index in [-0.39, 0.29) is 18.4 Å². The maximum atomic E-state index is 11.6. The Balaban J connectivity index is 2.56. The average molecular weight is 274 g/mol. The van der Waals surface area contributed by atoms with Crippen molar-refractivity contribution in [2.45, 2.75) is 0 Å². The second-order valence-electron chi connectivity index (χ2n) is 3.60. The maximum Gasteiger partial charge on any atom is 0.239 e. The van der Waals surface area contributed by atoms with Crippen LogP contribution < -0.4 is 16.0 Å². The van der Waals surface area contributed by atoms with E-state index in [1.54, 1.807) is 19.1 Å². The highest BCUT2D eigenvalue weighted by atomic mass is 35.5. The van der Waals surface area contributed by atoms with Crippen molar-refractivity contribution in [1.82, 2.24) is 15.3 Å². The zero-order chi connectivity index (χ0) is 13.5. The molecule has 1 heterocycles. The van der Waals surface area contributed by atoms with Crippen molar-refractivity contribution in [3.63, 3.8) is 0 Å². The van der Waals surface area contributed by atoms with Crippen LogP contribution in [0.5, 0.6) is 0 Å². The lowest BCUT2D eigenvalue weighted by molar-refractivity contribution is -0.119. The standard InChI is InChI=1S/C10H16ClN5O2/c1-16(6-8(17)13-3-4-18-2)9-7(11)5-14-10(12)15-9/h5H,3-4,6H2,1-2H3,(H,13,17)(H2,12,14,15). The van der Waals surface area contributed by atoms with Gasteiger partial charge in [-0.15, -0.1) is 0 Å². The highest BCUT2D eigenvalue weighted by molar-refractivity contribution is 6.32. The highest BCUT2D eigenvalue weighted by Crippen LogP contribution is 2.21. The zero-order valence-corrected chi connectivity index (χ0v) is 11.1. The number of anilines is 2. The number of halogens is 1. The fourth-order valence-electron chi connectivity index (χ4n) is 1.28. The Labute approximate surface area is 110 Å². The number of likely N-dealkylation sites (N-methyl/N-ethyl adjacent to an activating group) is 1. The van der Waals surface area contributed by atoms with Crippen LogP contribution in [0.2, 0.25) is 5.02 Å². The van der Waals surface area contributed by atoms with Gasteiger partial charge >= 0.3 is 0 Å². The molecule has 1 aromatic heterocycles. The Hall–Kier alpha value is -1.60. The minimum atomic E-state index is -0.150. The van der Waals surface area contributed by atoms with Crippen LogP contribution in [0.25, 0.3) is 0 Å². The zero-order valence-electron chi connectivity index (χ0n) is 10.3. The summed E-state index contributed by atoms with van der Waals surface area (Å²) < 4.78 is 4.83. The molecule has 18 heavy (non-hydrogen) atoms. The summed E-state index contributed by atoms with van der Waals surface area (Å²) >= 11 is 5.93.